The molecule has 6 nitrogen and oxygen atoms in total. The first-order valence-electron chi connectivity index (χ1n) is 6.99. The molecule has 0 amide bonds. The fourth-order valence-corrected chi connectivity index (χ4v) is 2.85. The van der Waals surface area contributed by atoms with E-state index in [2.05, 4.69) is 20.3 Å². The van der Waals surface area contributed by atoms with Gasteiger partial charge in [0.1, 0.15) is 5.52 Å². The summed E-state index contributed by atoms with van der Waals surface area (Å²) in [6, 6.07) is 0.212. The SMILES string of the molecule is C.O[C@H]1CCCN[C@@H]1CCCn1cnc2nc(Cl)ncc21. The second-order valence-electron chi connectivity index (χ2n) is 5.20. The highest BCUT2D eigenvalue weighted by Crippen LogP contribution is 2.16. The van der Waals surface area contributed by atoms with Gasteiger partial charge in [0.25, 0.3) is 0 Å². The molecule has 0 saturated carbocycles. The van der Waals surface area contributed by atoms with Crippen molar-refractivity contribution < 1.29 is 5.11 Å². The summed E-state index contributed by atoms with van der Waals surface area (Å²) in [5, 5.41) is 13.5. The fourth-order valence-electron chi connectivity index (χ4n) is 2.72. The first-order valence-corrected chi connectivity index (χ1v) is 7.36. The molecule has 2 aromatic heterocycles. The molecule has 1 aliphatic rings. The van der Waals surface area contributed by atoms with E-state index in [4.69, 9.17) is 11.6 Å². The van der Waals surface area contributed by atoms with Crippen LogP contribution >= 0.6 is 11.6 Å². The largest absolute Gasteiger partial charge is 0.392 e. The minimum Gasteiger partial charge on any atom is -0.392 e. The molecule has 3 rings (SSSR count). The zero-order valence-electron chi connectivity index (χ0n) is 11.2. The molecular weight excluding hydrogens is 290 g/mol. The second kappa shape index (κ2) is 7.15. The van der Waals surface area contributed by atoms with Crippen LogP contribution in [0.5, 0.6) is 0 Å². The minimum atomic E-state index is -0.217. The topological polar surface area (TPSA) is 75.9 Å². The summed E-state index contributed by atoms with van der Waals surface area (Å²) in [6.07, 6.45) is 7.13. The van der Waals surface area contributed by atoms with E-state index in [1.807, 2.05) is 4.57 Å². The lowest BCUT2D eigenvalue weighted by Crippen LogP contribution is -2.44. The quantitative estimate of drug-likeness (QED) is 0.845. The van der Waals surface area contributed by atoms with Crippen LogP contribution in [-0.2, 0) is 6.54 Å². The summed E-state index contributed by atoms with van der Waals surface area (Å²) in [7, 11) is 0. The summed E-state index contributed by atoms with van der Waals surface area (Å²) in [4.78, 5) is 12.3. The van der Waals surface area contributed by atoms with Crippen molar-refractivity contribution in [3.8, 4) is 0 Å². The number of hydrogen-bond acceptors (Lipinski definition) is 5. The van der Waals surface area contributed by atoms with Crippen LogP contribution < -0.4 is 5.32 Å². The maximum absolute atomic E-state index is 9.91. The van der Waals surface area contributed by atoms with E-state index >= 15 is 0 Å². The first-order chi connectivity index (χ1) is 9.74. The van der Waals surface area contributed by atoms with Crippen LogP contribution in [0.3, 0.4) is 0 Å². The van der Waals surface area contributed by atoms with Crippen LogP contribution in [0, 0.1) is 0 Å². The lowest BCUT2D eigenvalue weighted by atomic mass is 9.97. The second-order valence-corrected chi connectivity index (χ2v) is 5.54. The number of aryl methyl sites for hydroxylation is 1. The summed E-state index contributed by atoms with van der Waals surface area (Å²) >= 11 is 5.74. The molecule has 0 aromatic carbocycles. The van der Waals surface area contributed by atoms with Crippen molar-refractivity contribution in [2.24, 2.45) is 0 Å². The van der Waals surface area contributed by atoms with Gasteiger partial charge in [-0.25, -0.2) is 9.97 Å². The van der Waals surface area contributed by atoms with Crippen LogP contribution in [0.25, 0.3) is 11.2 Å². The summed E-state index contributed by atoms with van der Waals surface area (Å²) in [5.74, 6) is 0. The molecule has 2 aromatic rings. The Morgan fingerprint density at radius 3 is 3.10 bits per heavy atom. The molecule has 0 bridgehead atoms. The Bertz CT molecular complexity index is 588. The maximum Gasteiger partial charge on any atom is 0.224 e. The molecule has 0 unspecified atom stereocenters. The number of imidazole rings is 1. The first kappa shape index (κ1) is 16.1. The standard InChI is InChI=1S/C13H18ClN5O.CH4/c14-13-16-7-10-12(18-13)17-8-19(10)6-2-3-9-11(20)4-1-5-15-9;/h7-9,11,15,20H,1-6H2;1H4/t9-,11+;/m1./s1. The molecule has 0 radical (unpaired) electrons. The van der Waals surface area contributed by atoms with E-state index in [0.717, 1.165) is 44.3 Å². The minimum absolute atomic E-state index is 0. The normalized spacial score (nSPS) is 22.2. The van der Waals surface area contributed by atoms with Crippen molar-refractivity contribution >= 4 is 22.8 Å². The number of piperidine rings is 1. The molecule has 1 aliphatic heterocycles. The number of halogens is 1. The lowest BCUT2D eigenvalue weighted by molar-refractivity contribution is 0.0909. The van der Waals surface area contributed by atoms with Crippen molar-refractivity contribution in [1.29, 1.82) is 0 Å². The summed E-state index contributed by atoms with van der Waals surface area (Å²) in [6.45, 7) is 1.84. The average molecular weight is 312 g/mol. The van der Waals surface area contributed by atoms with Gasteiger partial charge in [-0.2, -0.15) is 4.98 Å². The van der Waals surface area contributed by atoms with Gasteiger partial charge in [0.15, 0.2) is 5.65 Å². The fraction of sp³-hybridized carbons (Fsp3) is 0.643. The van der Waals surface area contributed by atoms with E-state index in [1.165, 1.54) is 0 Å². The van der Waals surface area contributed by atoms with Crippen molar-refractivity contribution in [3.05, 3.63) is 17.8 Å². The van der Waals surface area contributed by atoms with Gasteiger partial charge in [-0.1, -0.05) is 7.43 Å². The third-order valence-electron chi connectivity index (χ3n) is 3.81. The molecule has 1 saturated heterocycles. The number of rotatable bonds is 4. The van der Waals surface area contributed by atoms with Gasteiger partial charge in [-0.3, -0.25) is 0 Å². The van der Waals surface area contributed by atoms with Crippen LogP contribution in [0.15, 0.2) is 12.5 Å². The molecule has 2 atom stereocenters. The maximum atomic E-state index is 9.91. The van der Waals surface area contributed by atoms with Crippen LogP contribution in [0.2, 0.25) is 5.28 Å². The third kappa shape index (κ3) is 3.70. The Morgan fingerprint density at radius 1 is 1.43 bits per heavy atom. The molecule has 116 valence electrons. The zero-order valence-corrected chi connectivity index (χ0v) is 11.9. The van der Waals surface area contributed by atoms with Crippen LogP contribution in [0.4, 0.5) is 0 Å². The molecule has 2 N–H and O–H groups in total. The van der Waals surface area contributed by atoms with Gasteiger partial charge in [0, 0.05) is 12.6 Å². The number of fused-ring (bicyclic) bond motifs is 1. The van der Waals surface area contributed by atoms with Gasteiger partial charge in [-0.05, 0) is 43.8 Å². The number of aromatic nitrogens is 4. The van der Waals surface area contributed by atoms with E-state index in [1.54, 1.807) is 12.5 Å². The van der Waals surface area contributed by atoms with Gasteiger partial charge >= 0.3 is 0 Å². The molecule has 7 heteroatoms. The Morgan fingerprint density at radius 2 is 2.29 bits per heavy atom. The molecular formula is C14H22ClN5O. The molecule has 1 fully saturated rings. The monoisotopic (exact) mass is 311 g/mol. The lowest BCUT2D eigenvalue weighted by Gasteiger charge is -2.28. The molecule has 21 heavy (non-hydrogen) atoms. The molecule has 0 spiro atoms. The van der Waals surface area contributed by atoms with Gasteiger partial charge in [0.2, 0.25) is 5.28 Å². The van der Waals surface area contributed by atoms with E-state index < -0.39 is 0 Å². The highest BCUT2D eigenvalue weighted by molar-refractivity contribution is 6.28. The Hall–Kier alpha value is -1.24. The predicted octanol–water partition coefficient (Wildman–Crippen LogP) is 2.01. The van der Waals surface area contributed by atoms with Crippen molar-refractivity contribution in [3.63, 3.8) is 0 Å². The van der Waals surface area contributed by atoms with E-state index in [0.29, 0.717) is 5.65 Å². The number of nitrogens with zero attached hydrogens (tertiary/aromatic N) is 4. The van der Waals surface area contributed by atoms with Crippen molar-refractivity contribution in [1.82, 2.24) is 24.8 Å². The summed E-state index contributed by atoms with van der Waals surface area (Å²) < 4.78 is 2.03. The number of hydrogen-bond donors (Lipinski definition) is 2. The third-order valence-corrected chi connectivity index (χ3v) is 3.99. The Labute approximate surface area is 129 Å². The van der Waals surface area contributed by atoms with Gasteiger partial charge in [-0.15, -0.1) is 0 Å². The van der Waals surface area contributed by atoms with E-state index in [-0.39, 0.29) is 24.9 Å². The van der Waals surface area contributed by atoms with Gasteiger partial charge < -0.3 is 15.0 Å². The highest BCUT2D eigenvalue weighted by Gasteiger charge is 2.21. The summed E-state index contributed by atoms with van der Waals surface area (Å²) in [5.41, 5.74) is 1.52. The smallest absolute Gasteiger partial charge is 0.224 e. The highest BCUT2D eigenvalue weighted by atomic mass is 35.5. The number of aliphatic hydroxyl groups excluding tert-OH is 1. The van der Waals surface area contributed by atoms with Crippen LogP contribution in [0.1, 0.15) is 33.1 Å². The van der Waals surface area contributed by atoms with Crippen molar-refractivity contribution in [2.75, 3.05) is 6.54 Å². The zero-order chi connectivity index (χ0) is 13.9. The average Bonchev–Trinajstić information content (AvgIpc) is 2.83. The predicted molar refractivity (Wildman–Crippen MR) is 83.3 cm³/mol. The van der Waals surface area contributed by atoms with Gasteiger partial charge in [0.05, 0.1) is 18.6 Å². The Balaban J connectivity index is 0.00000161. The Kier molecular flexibility index (Phi) is 5.50. The van der Waals surface area contributed by atoms with E-state index in [9.17, 15) is 5.11 Å². The number of aliphatic hydroxyl groups is 1. The van der Waals surface area contributed by atoms with Crippen LogP contribution in [-0.4, -0.2) is 43.3 Å². The van der Waals surface area contributed by atoms with Crippen molar-refractivity contribution in [2.45, 2.75) is 51.8 Å². The molecule has 3 heterocycles. The number of nitrogens with one attached hydrogen (secondary N) is 1. The molecule has 0 aliphatic carbocycles.